The maximum atomic E-state index is 13.2. The number of alkyl halides is 6. The Morgan fingerprint density at radius 1 is 0.500 bits per heavy atom. The number of carbonyl (C=O) groups excluding carboxylic acids is 2. The van der Waals surface area contributed by atoms with Crippen LogP contribution in [0.15, 0.2) is 60.7 Å². The van der Waals surface area contributed by atoms with Crippen molar-refractivity contribution in [3.05, 3.63) is 116 Å². The largest absolute Gasteiger partial charge is 0.516 e. The van der Waals surface area contributed by atoms with Gasteiger partial charge < -0.3 is 18.9 Å². The topological polar surface area (TPSA) is 163 Å². The lowest BCUT2D eigenvalue weighted by Gasteiger charge is -2.26. The van der Waals surface area contributed by atoms with Gasteiger partial charge in [0.25, 0.3) is 11.8 Å². The fourth-order valence-electron chi connectivity index (χ4n) is 7.20. The van der Waals surface area contributed by atoms with E-state index in [0.29, 0.717) is 56.0 Å². The zero-order valence-electron chi connectivity index (χ0n) is 36.2. The molecule has 0 saturated carbocycles. The maximum absolute atomic E-state index is 13.2. The Hall–Kier alpha value is -5.50. The molecule has 0 aromatic heterocycles. The van der Waals surface area contributed by atoms with E-state index in [2.05, 4.69) is 0 Å². The van der Waals surface area contributed by atoms with E-state index in [1.165, 1.54) is 14.2 Å². The van der Waals surface area contributed by atoms with Crippen LogP contribution in [0.5, 0.6) is 23.0 Å². The first-order chi connectivity index (χ1) is 29.5. The third-order valence-corrected chi connectivity index (χ3v) is 12.5. The van der Waals surface area contributed by atoms with Crippen LogP contribution >= 0.6 is 0 Å². The van der Waals surface area contributed by atoms with Crippen molar-refractivity contribution < 1.29 is 71.7 Å². The van der Waals surface area contributed by atoms with Crippen molar-refractivity contribution in [2.45, 2.75) is 89.1 Å². The van der Waals surface area contributed by atoms with Crippen LogP contribution in [0.25, 0.3) is 0 Å². The van der Waals surface area contributed by atoms with Crippen LogP contribution in [0.4, 0.5) is 26.3 Å². The second-order valence-electron chi connectivity index (χ2n) is 17.2. The van der Waals surface area contributed by atoms with Crippen molar-refractivity contribution in [2.75, 3.05) is 27.4 Å². The molecule has 0 atom stereocenters. The third-order valence-electron chi connectivity index (χ3n) is 10.3. The van der Waals surface area contributed by atoms with Gasteiger partial charge in [0, 0.05) is 25.7 Å². The Morgan fingerprint density at radius 3 is 0.984 bits per heavy atom. The summed E-state index contributed by atoms with van der Waals surface area (Å²) in [5.74, 6) is -2.20. The number of para-hydroxylation sites is 2. The summed E-state index contributed by atoms with van der Waals surface area (Å²) in [5.41, 5.74) is -6.68. The standard InChI is InChI=1S/C44H48F6N2O10S2/c1-41(2,3)33-19-29-15-25-11-9-13-27(39(25)61-23-35(53)51-63(55,56)43(45,46)47)17-31-21-34(42(4,5)6)22-32(38(31)60-8)18-28-14-10-12-26(16-30(20-33)37(29)59-7)40(28)62-24-36(54)52-64(57,58)44(48,49)50/h9-14,19-22H,15-18,23-24H2,1-8H3,(H,51,53)(H,52,54). The summed E-state index contributed by atoms with van der Waals surface area (Å²) in [4.78, 5) is 25.5. The molecule has 4 aromatic rings. The lowest BCUT2D eigenvalue weighted by Crippen LogP contribution is -2.42. The highest BCUT2D eigenvalue weighted by atomic mass is 32.2. The lowest BCUT2D eigenvalue weighted by atomic mass is 9.81. The summed E-state index contributed by atoms with van der Waals surface area (Å²) in [6.07, 6.45) is 0.196. The van der Waals surface area contributed by atoms with Crippen LogP contribution in [-0.4, -0.2) is 67.1 Å². The second-order valence-corrected chi connectivity index (χ2v) is 20.5. The van der Waals surface area contributed by atoms with E-state index in [0.717, 1.165) is 20.6 Å². The fourth-order valence-corrected chi connectivity index (χ4v) is 8.15. The Kier molecular flexibility index (Phi) is 14.1. The van der Waals surface area contributed by atoms with Crippen molar-refractivity contribution >= 4 is 31.9 Å². The monoisotopic (exact) mass is 942 g/mol. The number of ether oxygens (including phenoxy) is 4. The van der Waals surface area contributed by atoms with Gasteiger partial charge in [0.2, 0.25) is 0 Å². The Morgan fingerprint density at radius 2 is 0.766 bits per heavy atom. The number of fused-ring (bicyclic) bond motifs is 8. The molecule has 1 aliphatic rings. The molecule has 0 unspecified atom stereocenters. The number of benzene rings is 4. The van der Waals surface area contributed by atoms with E-state index in [-0.39, 0.29) is 37.2 Å². The van der Waals surface area contributed by atoms with Crippen molar-refractivity contribution in [1.29, 1.82) is 0 Å². The molecule has 1 aliphatic carbocycles. The molecule has 4 aromatic carbocycles. The van der Waals surface area contributed by atoms with E-state index in [1.807, 2.05) is 65.8 Å². The predicted molar refractivity (Wildman–Crippen MR) is 225 cm³/mol. The molecule has 0 heterocycles. The van der Waals surface area contributed by atoms with Gasteiger partial charge >= 0.3 is 31.1 Å². The summed E-state index contributed by atoms with van der Waals surface area (Å²) < 4.78 is 152. The van der Waals surface area contributed by atoms with Crippen LogP contribution in [0.3, 0.4) is 0 Å². The van der Waals surface area contributed by atoms with E-state index in [9.17, 15) is 52.8 Å². The number of sulfonamides is 2. The molecule has 12 nitrogen and oxygen atoms in total. The van der Waals surface area contributed by atoms with E-state index < -0.39 is 66.9 Å². The van der Waals surface area contributed by atoms with Crippen LogP contribution < -0.4 is 28.4 Å². The van der Waals surface area contributed by atoms with Gasteiger partial charge in [-0.1, -0.05) is 102 Å². The highest BCUT2D eigenvalue weighted by molar-refractivity contribution is 7.91. The highest BCUT2D eigenvalue weighted by Gasteiger charge is 2.48. The molecule has 2 amide bonds. The average molecular weight is 943 g/mol. The van der Waals surface area contributed by atoms with Crippen LogP contribution in [0.2, 0.25) is 0 Å². The SMILES string of the molecule is COc1c2cc(C(C)(C)C)cc1Cc1cccc(c1OCC(=O)NS(=O)(=O)C(F)(F)F)Cc1cc(C(C)(C)C)cc(c1OC)Cc1cccc(c1OCC(=O)NS(=O)(=O)C(F)(F)F)C2. The van der Waals surface area contributed by atoms with Gasteiger partial charge in [-0.05, 0) is 66.5 Å². The highest BCUT2D eigenvalue weighted by Crippen LogP contribution is 2.42. The smallest absolute Gasteiger partial charge is 0.496 e. The van der Waals surface area contributed by atoms with Crippen molar-refractivity contribution in [3.8, 4) is 23.0 Å². The van der Waals surface area contributed by atoms with Gasteiger partial charge in [-0.15, -0.1) is 0 Å². The normalized spacial score (nSPS) is 13.7. The predicted octanol–water partition coefficient (Wildman–Crippen LogP) is 7.66. The molecule has 0 fully saturated rings. The summed E-state index contributed by atoms with van der Waals surface area (Å²) in [6, 6.07) is 17.8. The fraction of sp³-hybridized carbons (Fsp3) is 0.409. The molecule has 348 valence electrons. The van der Waals surface area contributed by atoms with Gasteiger partial charge in [-0.3, -0.25) is 9.59 Å². The number of hydrogen-bond donors (Lipinski definition) is 2. The molecule has 0 saturated heterocycles. The van der Waals surface area contributed by atoms with Crippen LogP contribution in [0, 0.1) is 0 Å². The van der Waals surface area contributed by atoms with E-state index >= 15 is 0 Å². The molecule has 2 N–H and O–H groups in total. The molecule has 5 rings (SSSR count). The molecule has 64 heavy (non-hydrogen) atoms. The molecular weight excluding hydrogens is 895 g/mol. The van der Waals surface area contributed by atoms with Gasteiger partial charge in [0.15, 0.2) is 13.2 Å². The second kappa shape index (κ2) is 18.2. The van der Waals surface area contributed by atoms with E-state index in [1.54, 1.807) is 36.4 Å². The molecule has 8 bridgehead atoms. The van der Waals surface area contributed by atoms with Gasteiger partial charge in [0.1, 0.15) is 23.0 Å². The molecule has 0 radical (unpaired) electrons. The number of carbonyl (C=O) groups is 2. The van der Waals surface area contributed by atoms with Crippen molar-refractivity contribution in [2.24, 2.45) is 0 Å². The van der Waals surface area contributed by atoms with Gasteiger partial charge in [-0.25, -0.2) is 9.44 Å². The summed E-state index contributed by atoms with van der Waals surface area (Å²) >= 11 is 0. The first-order valence-corrected chi connectivity index (χ1v) is 22.5. The maximum Gasteiger partial charge on any atom is 0.516 e. The zero-order valence-corrected chi connectivity index (χ0v) is 37.8. The number of methoxy groups -OCH3 is 2. The first-order valence-electron chi connectivity index (χ1n) is 19.6. The Balaban J connectivity index is 1.78. The van der Waals surface area contributed by atoms with Gasteiger partial charge in [-0.2, -0.15) is 43.2 Å². The number of nitrogens with one attached hydrogen (secondary N) is 2. The molecular formula is C44H48F6N2O10S2. The van der Waals surface area contributed by atoms with Crippen LogP contribution in [0.1, 0.15) is 97.2 Å². The average Bonchev–Trinajstić information content (AvgIpc) is 3.15. The summed E-state index contributed by atoms with van der Waals surface area (Å²) in [6.45, 7) is 9.58. The minimum atomic E-state index is -6.04. The first kappa shape index (κ1) is 49.5. The molecule has 20 heteroatoms. The minimum Gasteiger partial charge on any atom is -0.496 e. The quantitative estimate of drug-likeness (QED) is 0.133. The molecule has 0 spiro atoms. The van der Waals surface area contributed by atoms with Crippen molar-refractivity contribution in [3.63, 3.8) is 0 Å². The number of rotatable bonds is 10. The Labute approximate surface area is 367 Å². The lowest BCUT2D eigenvalue weighted by molar-refractivity contribution is -0.122. The number of halogens is 6. The third kappa shape index (κ3) is 11.2. The summed E-state index contributed by atoms with van der Waals surface area (Å²) in [5, 5.41) is 0. The van der Waals surface area contributed by atoms with E-state index in [4.69, 9.17) is 18.9 Å². The van der Waals surface area contributed by atoms with Crippen LogP contribution in [-0.2, 0) is 66.1 Å². The Bertz CT molecular complexity index is 2390. The van der Waals surface area contributed by atoms with Gasteiger partial charge in [0.05, 0.1) is 14.2 Å². The number of hydrogen-bond acceptors (Lipinski definition) is 10. The summed E-state index contributed by atoms with van der Waals surface area (Å²) in [7, 11) is -9.21. The molecule has 0 aliphatic heterocycles. The van der Waals surface area contributed by atoms with Crippen molar-refractivity contribution in [1.82, 2.24) is 9.44 Å². The minimum absolute atomic E-state index is 0.0490. The zero-order chi connectivity index (χ0) is 47.8. The number of amides is 2.